The molecule has 2 N–H and O–H groups in total. The molecule has 1 aromatic rings. The summed E-state index contributed by atoms with van der Waals surface area (Å²) in [6.45, 7) is 8.17. The minimum atomic E-state index is -0.391. The second kappa shape index (κ2) is 10.1. The molecule has 5 nitrogen and oxygen atoms in total. The fourth-order valence-electron chi connectivity index (χ4n) is 2.31. The van der Waals surface area contributed by atoms with Crippen molar-refractivity contribution in [3.8, 4) is 5.75 Å². The molecule has 5 heteroatoms. The molecule has 0 bridgehead atoms. The average Bonchev–Trinajstić information content (AvgIpc) is 2.56. The summed E-state index contributed by atoms with van der Waals surface area (Å²) in [6, 6.07) is 8.12. The van der Waals surface area contributed by atoms with Crippen LogP contribution in [0.4, 0.5) is 0 Å². The second-order valence-corrected chi connectivity index (χ2v) is 7.46. The molecule has 0 aliphatic carbocycles. The van der Waals surface area contributed by atoms with Gasteiger partial charge in [0.15, 0.2) is 0 Å². The largest absolute Gasteiger partial charge is 0.497 e. The normalized spacial score (nSPS) is 12.4. The van der Waals surface area contributed by atoms with Crippen LogP contribution in [0.25, 0.3) is 0 Å². The van der Waals surface area contributed by atoms with E-state index in [1.807, 2.05) is 52.0 Å². The Kier molecular flexibility index (Phi) is 8.46. The first-order chi connectivity index (χ1) is 11.7. The molecule has 0 spiro atoms. The van der Waals surface area contributed by atoms with Crippen molar-refractivity contribution in [2.45, 2.75) is 59.4 Å². The smallest absolute Gasteiger partial charge is 0.225 e. The number of amides is 2. The fraction of sp³-hybridized carbons (Fsp3) is 0.600. The summed E-state index contributed by atoms with van der Waals surface area (Å²) in [5.74, 6) is 0.900. The predicted octanol–water partition coefficient (Wildman–Crippen LogP) is 3.08. The first-order valence-electron chi connectivity index (χ1n) is 8.93. The zero-order chi connectivity index (χ0) is 18.9. The lowest BCUT2D eigenvalue weighted by molar-refractivity contribution is -0.128. The van der Waals surface area contributed by atoms with Gasteiger partial charge in [0, 0.05) is 24.4 Å². The van der Waals surface area contributed by atoms with E-state index >= 15 is 0 Å². The Morgan fingerprint density at radius 2 is 1.80 bits per heavy atom. The van der Waals surface area contributed by atoms with Crippen LogP contribution in [0.15, 0.2) is 24.3 Å². The molecule has 0 heterocycles. The van der Waals surface area contributed by atoms with Crippen molar-refractivity contribution in [2.24, 2.45) is 5.41 Å². The Morgan fingerprint density at radius 3 is 2.36 bits per heavy atom. The van der Waals surface area contributed by atoms with Gasteiger partial charge in [-0.05, 0) is 43.9 Å². The average molecular weight is 348 g/mol. The fourth-order valence-corrected chi connectivity index (χ4v) is 2.31. The number of nitrogens with one attached hydrogen (secondary N) is 2. The number of carbonyl (C=O) groups excluding carboxylic acids is 2. The molecule has 0 radical (unpaired) electrons. The minimum Gasteiger partial charge on any atom is -0.497 e. The molecule has 25 heavy (non-hydrogen) atoms. The molecule has 2 amide bonds. The van der Waals surface area contributed by atoms with Crippen molar-refractivity contribution >= 4 is 11.8 Å². The van der Waals surface area contributed by atoms with Crippen molar-refractivity contribution in [1.29, 1.82) is 0 Å². The first-order valence-corrected chi connectivity index (χ1v) is 8.93. The Morgan fingerprint density at radius 1 is 1.16 bits per heavy atom. The van der Waals surface area contributed by atoms with Crippen LogP contribution in [0.3, 0.4) is 0 Å². The summed E-state index contributed by atoms with van der Waals surface area (Å²) in [5.41, 5.74) is 0.838. The molecule has 140 valence electrons. The van der Waals surface area contributed by atoms with Crippen LogP contribution in [0.2, 0.25) is 0 Å². The van der Waals surface area contributed by atoms with Crippen LogP contribution in [0, 0.1) is 5.41 Å². The Bertz CT molecular complexity index is 547. The predicted molar refractivity (Wildman–Crippen MR) is 101 cm³/mol. The van der Waals surface area contributed by atoms with E-state index in [9.17, 15) is 9.59 Å². The number of rotatable bonds is 9. The lowest BCUT2D eigenvalue weighted by atomic mass is 9.96. The number of methoxy groups -OCH3 is 1. The number of hydrogen-bond acceptors (Lipinski definition) is 3. The number of hydrogen-bond donors (Lipinski definition) is 2. The molecule has 1 aromatic carbocycles. The van der Waals surface area contributed by atoms with Gasteiger partial charge < -0.3 is 15.4 Å². The topological polar surface area (TPSA) is 67.4 Å². The van der Waals surface area contributed by atoms with Crippen LogP contribution in [0.5, 0.6) is 5.75 Å². The van der Waals surface area contributed by atoms with Crippen molar-refractivity contribution < 1.29 is 14.3 Å². The first kappa shape index (κ1) is 21.0. The Balaban J connectivity index is 2.19. The van der Waals surface area contributed by atoms with Crippen LogP contribution in [-0.2, 0) is 16.0 Å². The maximum Gasteiger partial charge on any atom is 0.225 e. The number of benzene rings is 1. The summed E-state index contributed by atoms with van der Waals surface area (Å²) >= 11 is 0. The van der Waals surface area contributed by atoms with Crippen LogP contribution >= 0.6 is 0 Å². The third kappa shape index (κ3) is 8.57. The molecule has 0 aromatic heterocycles. The van der Waals surface area contributed by atoms with E-state index in [1.165, 1.54) is 5.56 Å². The highest BCUT2D eigenvalue weighted by Gasteiger charge is 2.20. The summed E-state index contributed by atoms with van der Waals surface area (Å²) in [6.07, 6.45) is 2.88. The van der Waals surface area contributed by atoms with Gasteiger partial charge in [0.2, 0.25) is 11.8 Å². The van der Waals surface area contributed by atoms with E-state index < -0.39 is 5.41 Å². The quantitative estimate of drug-likeness (QED) is 0.674. The number of ether oxygens (including phenoxy) is 1. The van der Waals surface area contributed by atoms with Gasteiger partial charge in [-0.3, -0.25) is 9.59 Å². The van der Waals surface area contributed by atoms with Gasteiger partial charge in [-0.2, -0.15) is 0 Å². The van der Waals surface area contributed by atoms with E-state index in [0.29, 0.717) is 19.4 Å². The highest BCUT2D eigenvalue weighted by atomic mass is 16.5. The highest BCUT2D eigenvalue weighted by Crippen LogP contribution is 2.13. The standard InChI is InChI=1S/C20H32N2O3/c1-15(8-9-16-10-12-17(25-5)13-11-16)22-18(23)7-6-14-21-19(24)20(2,3)4/h10-13,15H,6-9,14H2,1-5H3,(H,21,24)(H,22,23). The minimum absolute atomic E-state index is 0.0146. The van der Waals surface area contributed by atoms with Gasteiger partial charge in [-0.15, -0.1) is 0 Å². The van der Waals surface area contributed by atoms with Gasteiger partial charge in [0.05, 0.1) is 7.11 Å². The molecule has 1 rings (SSSR count). The maximum absolute atomic E-state index is 11.9. The van der Waals surface area contributed by atoms with Crippen molar-refractivity contribution in [2.75, 3.05) is 13.7 Å². The summed E-state index contributed by atoms with van der Waals surface area (Å²) in [5, 5.41) is 5.87. The van der Waals surface area contributed by atoms with Gasteiger partial charge in [-0.1, -0.05) is 32.9 Å². The van der Waals surface area contributed by atoms with E-state index in [1.54, 1.807) is 7.11 Å². The van der Waals surface area contributed by atoms with Crippen LogP contribution < -0.4 is 15.4 Å². The lowest BCUT2D eigenvalue weighted by Crippen LogP contribution is -2.36. The van der Waals surface area contributed by atoms with Gasteiger partial charge >= 0.3 is 0 Å². The molecule has 1 atom stereocenters. The van der Waals surface area contributed by atoms with Crippen LogP contribution in [0.1, 0.15) is 52.5 Å². The van der Waals surface area contributed by atoms with Crippen molar-refractivity contribution in [3.63, 3.8) is 0 Å². The highest BCUT2D eigenvalue weighted by molar-refractivity contribution is 5.81. The lowest BCUT2D eigenvalue weighted by Gasteiger charge is -2.17. The van der Waals surface area contributed by atoms with E-state index in [4.69, 9.17) is 4.74 Å². The molecular weight excluding hydrogens is 316 g/mol. The summed E-state index contributed by atoms with van der Waals surface area (Å²) < 4.78 is 5.14. The van der Waals surface area contributed by atoms with Gasteiger partial charge in [-0.25, -0.2) is 0 Å². The molecule has 1 unspecified atom stereocenters. The van der Waals surface area contributed by atoms with Gasteiger partial charge in [0.25, 0.3) is 0 Å². The van der Waals surface area contributed by atoms with Gasteiger partial charge in [0.1, 0.15) is 5.75 Å². The monoisotopic (exact) mass is 348 g/mol. The van der Waals surface area contributed by atoms with Crippen LogP contribution in [-0.4, -0.2) is 31.5 Å². The maximum atomic E-state index is 11.9. The summed E-state index contributed by atoms with van der Waals surface area (Å²) in [7, 11) is 1.65. The molecule has 0 fully saturated rings. The molecule has 0 aliphatic rings. The van der Waals surface area contributed by atoms with Crippen molar-refractivity contribution in [3.05, 3.63) is 29.8 Å². The number of carbonyl (C=O) groups is 2. The molecule has 0 saturated heterocycles. The molecular formula is C20H32N2O3. The zero-order valence-corrected chi connectivity index (χ0v) is 16.1. The Hall–Kier alpha value is -2.04. The summed E-state index contributed by atoms with van der Waals surface area (Å²) in [4.78, 5) is 23.7. The van der Waals surface area contributed by atoms with E-state index in [-0.39, 0.29) is 17.9 Å². The van der Waals surface area contributed by atoms with Crippen molar-refractivity contribution in [1.82, 2.24) is 10.6 Å². The molecule has 0 saturated carbocycles. The third-order valence-corrected chi connectivity index (χ3v) is 3.98. The number of aryl methyl sites for hydroxylation is 1. The Labute approximate surface area is 151 Å². The second-order valence-electron chi connectivity index (χ2n) is 7.46. The van der Waals surface area contributed by atoms with E-state index in [2.05, 4.69) is 10.6 Å². The third-order valence-electron chi connectivity index (χ3n) is 3.98. The van der Waals surface area contributed by atoms with E-state index in [0.717, 1.165) is 18.6 Å². The SMILES string of the molecule is COc1ccc(CCC(C)NC(=O)CCCNC(=O)C(C)(C)C)cc1. The molecule has 0 aliphatic heterocycles. The zero-order valence-electron chi connectivity index (χ0n) is 16.1.